The summed E-state index contributed by atoms with van der Waals surface area (Å²) in [5.74, 6) is 1.32. The van der Waals surface area contributed by atoms with Crippen molar-refractivity contribution in [1.82, 2.24) is 5.43 Å². The number of benzene rings is 4. The van der Waals surface area contributed by atoms with E-state index in [1.54, 1.807) is 38.3 Å². The van der Waals surface area contributed by atoms with Crippen LogP contribution in [0.25, 0.3) is 10.8 Å². The van der Waals surface area contributed by atoms with Gasteiger partial charge in [0.1, 0.15) is 23.9 Å². The van der Waals surface area contributed by atoms with Gasteiger partial charge in [-0.25, -0.2) is 5.43 Å². The Bertz CT molecular complexity index is 1470. The van der Waals surface area contributed by atoms with Crippen molar-refractivity contribution < 1.29 is 23.9 Å². The predicted octanol–water partition coefficient (Wildman–Crippen LogP) is 5.17. The fraction of sp³-hybridized carbons (Fsp3) is 0.143. The summed E-state index contributed by atoms with van der Waals surface area (Å²) in [6.07, 6.45) is 1.51. The SMILES string of the molecule is COc1ccc(/C=N/NC(=O)COc2ccc3ccccc3c2)cc1COc1ccc([N+](=O)[O-])c(C)c1. The molecule has 0 radical (unpaired) electrons. The van der Waals surface area contributed by atoms with E-state index in [9.17, 15) is 14.9 Å². The minimum Gasteiger partial charge on any atom is -0.496 e. The Hall–Kier alpha value is -4.92. The topological polar surface area (TPSA) is 112 Å². The number of rotatable bonds is 10. The smallest absolute Gasteiger partial charge is 0.277 e. The summed E-state index contributed by atoms with van der Waals surface area (Å²) in [5.41, 5.74) is 4.46. The van der Waals surface area contributed by atoms with Crippen molar-refractivity contribution in [2.24, 2.45) is 5.10 Å². The zero-order chi connectivity index (χ0) is 26.2. The molecule has 0 unspecified atom stereocenters. The molecule has 0 aliphatic heterocycles. The molecule has 9 heteroatoms. The number of nitrogens with zero attached hydrogens (tertiary/aromatic N) is 2. The van der Waals surface area contributed by atoms with Crippen molar-refractivity contribution in [3.63, 3.8) is 0 Å². The Kier molecular flexibility index (Phi) is 7.95. The number of aryl methyl sites for hydroxylation is 1. The van der Waals surface area contributed by atoms with Gasteiger partial charge < -0.3 is 14.2 Å². The lowest BCUT2D eigenvalue weighted by Crippen LogP contribution is -2.24. The number of hydrogen-bond acceptors (Lipinski definition) is 7. The number of nitro benzene ring substituents is 1. The summed E-state index contributed by atoms with van der Waals surface area (Å²) >= 11 is 0. The van der Waals surface area contributed by atoms with E-state index < -0.39 is 10.8 Å². The second-order valence-corrected chi connectivity index (χ2v) is 8.16. The van der Waals surface area contributed by atoms with Crippen LogP contribution in [0.15, 0.2) is 84.0 Å². The highest BCUT2D eigenvalue weighted by Gasteiger charge is 2.12. The lowest BCUT2D eigenvalue weighted by Gasteiger charge is -2.11. The molecule has 0 spiro atoms. The van der Waals surface area contributed by atoms with Crippen LogP contribution in [0.1, 0.15) is 16.7 Å². The second kappa shape index (κ2) is 11.7. The van der Waals surface area contributed by atoms with Gasteiger partial charge in [0.05, 0.1) is 18.2 Å². The third-order valence-electron chi connectivity index (χ3n) is 5.56. The van der Waals surface area contributed by atoms with Crippen molar-refractivity contribution >= 4 is 28.6 Å². The molecule has 9 nitrogen and oxygen atoms in total. The zero-order valence-corrected chi connectivity index (χ0v) is 20.3. The van der Waals surface area contributed by atoms with E-state index in [-0.39, 0.29) is 18.9 Å². The molecule has 0 fully saturated rings. The van der Waals surface area contributed by atoms with Gasteiger partial charge in [0.25, 0.3) is 11.6 Å². The van der Waals surface area contributed by atoms with Gasteiger partial charge >= 0.3 is 0 Å². The summed E-state index contributed by atoms with van der Waals surface area (Å²) in [7, 11) is 1.55. The largest absolute Gasteiger partial charge is 0.496 e. The molecule has 0 saturated carbocycles. The minimum atomic E-state index is -0.431. The molecule has 1 N–H and O–H groups in total. The molecule has 1 amide bonds. The molecule has 0 aliphatic rings. The van der Waals surface area contributed by atoms with E-state index >= 15 is 0 Å². The van der Waals surface area contributed by atoms with Crippen LogP contribution in [0.5, 0.6) is 17.2 Å². The van der Waals surface area contributed by atoms with Crippen LogP contribution in [0, 0.1) is 17.0 Å². The maximum absolute atomic E-state index is 12.2. The second-order valence-electron chi connectivity index (χ2n) is 8.16. The highest BCUT2D eigenvalue weighted by atomic mass is 16.6. The average Bonchev–Trinajstić information content (AvgIpc) is 2.90. The highest BCUT2D eigenvalue weighted by Crippen LogP contribution is 2.26. The molecular formula is C28H25N3O6. The lowest BCUT2D eigenvalue weighted by atomic mass is 10.1. The van der Waals surface area contributed by atoms with Crippen LogP contribution < -0.4 is 19.6 Å². The summed E-state index contributed by atoms with van der Waals surface area (Å²) in [6, 6.07) is 23.5. The number of ether oxygens (including phenoxy) is 3. The third kappa shape index (κ3) is 6.61. The van der Waals surface area contributed by atoms with E-state index in [1.165, 1.54) is 12.3 Å². The number of hydrogen-bond donors (Lipinski definition) is 1. The number of methoxy groups -OCH3 is 1. The number of fused-ring (bicyclic) bond motifs is 1. The monoisotopic (exact) mass is 499 g/mol. The number of carbonyl (C=O) groups is 1. The standard InChI is InChI=1S/C28H25N3O6/c1-19-13-24(10-11-26(19)31(33)34)36-17-23-14-20(7-12-27(23)35-2)16-29-30-28(32)18-37-25-9-8-21-5-3-4-6-22(21)15-25/h3-16H,17-18H2,1-2H3,(H,30,32)/b29-16+. The van der Waals surface area contributed by atoms with Crippen molar-refractivity contribution in [3.8, 4) is 17.2 Å². The lowest BCUT2D eigenvalue weighted by molar-refractivity contribution is -0.385. The maximum Gasteiger partial charge on any atom is 0.277 e. The number of nitro groups is 1. The number of amides is 1. The van der Waals surface area contributed by atoms with Crippen LogP contribution in [0.4, 0.5) is 5.69 Å². The third-order valence-corrected chi connectivity index (χ3v) is 5.56. The molecular weight excluding hydrogens is 474 g/mol. The van der Waals surface area contributed by atoms with E-state index in [2.05, 4.69) is 10.5 Å². The van der Waals surface area contributed by atoms with E-state index in [1.807, 2.05) is 48.5 Å². The summed E-state index contributed by atoms with van der Waals surface area (Å²) in [5, 5.41) is 17.1. The van der Waals surface area contributed by atoms with Gasteiger partial charge in [-0.15, -0.1) is 0 Å². The maximum atomic E-state index is 12.2. The molecule has 0 aromatic heterocycles. The quantitative estimate of drug-likeness (QED) is 0.183. The van der Waals surface area contributed by atoms with Gasteiger partial charge in [0.2, 0.25) is 0 Å². The molecule has 0 saturated heterocycles. The first-order valence-electron chi connectivity index (χ1n) is 11.4. The fourth-order valence-corrected chi connectivity index (χ4v) is 3.69. The van der Waals surface area contributed by atoms with Crippen molar-refractivity contribution in [1.29, 1.82) is 0 Å². The van der Waals surface area contributed by atoms with Gasteiger partial charge in [-0.2, -0.15) is 5.10 Å². The molecule has 188 valence electrons. The van der Waals surface area contributed by atoms with Gasteiger partial charge in [0, 0.05) is 17.2 Å². The first-order chi connectivity index (χ1) is 17.9. The summed E-state index contributed by atoms with van der Waals surface area (Å²) in [4.78, 5) is 22.7. The van der Waals surface area contributed by atoms with E-state index in [0.29, 0.717) is 22.8 Å². The molecule has 0 heterocycles. The molecule has 4 aromatic rings. The number of nitrogens with one attached hydrogen (secondary N) is 1. The van der Waals surface area contributed by atoms with Crippen molar-refractivity contribution in [3.05, 3.63) is 106 Å². The Morgan fingerprint density at radius 2 is 1.73 bits per heavy atom. The molecule has 4 rings (SSSR count). The van der Waals surface area contributed by atoms with Crippen LogP contribution in [0.2, 0.25) is 0 Å². The summed E-state index contributed by atoms with van der Waals surface area (Å²) < 4.78 is 16.8. The first kappa shape index (κ1) is 25.2. The van der Waals surface area contributed by atoms with Crippen molar-refractivity contribution in [2.75, 3.05) is 13.7 Å². The normalized spacial score (nSPS) is 10.9. The average molecular weight is 500 g/mol. The van der Waals surface area contributed by atoms with Crippen LogP contribution in [-0.2, 0) is 11.4 Å². The van der Waals surface area contributed by atoms with Crippen LogP contribution >= 0.6 is 0 Å². The predicted molar refractivity (Wildman–Crippen MR) is 140 cm³/mol. The molecule has 0 atom stereocenters. The van der Waals surface area contributed by atoms with Crippen LogP contribution in [0.3, 0.4) is 0 Å². The molecule has 0 aliphatic carbocycles. The Balaban J connectivity index is 1.33. The Morgan fingerprint density at radius 1 is 0.973 bits per heavy atom. The molecule has 4 aromatic carbocycles. The molecule has 0 bridgehead atoms. The summed E-state index contributed by atoms with van der Waals surface area (Å²) in [6.45, 7) is 1.66. The van der Waals surface area contributed by atoms with Crippen molar-refractivity contribution in [2.45, 2.75) is 13.5 Å². The van der Waals surface area contributed by atoms with Gasteiger partial charge in [-0.3, -0.25) is 14.9 Å². The van der Waals surface area contributed by atoms with E-state index in [4.69, 9.17) is 14.2 Å². The Morgan fingerprint density at radius 3 is 2.49 bits per heavy atom. The van der Waals surface area contributed by atoms with Gasteiger partial charge in [-0.1, -0.05) is 30.3 Å². The minimum absolute atomic E-state index is 0.0350. The number of hydrazone groups is 1. The first-order valence-corrected chi connectivity index (χ1v) is 11.4. The Labute approximate surface area is 213 Å². The van der Waals surface area contributed by atoms with E-state index in [0.717, 1.165) is 21.9 Å². The van der Waals surface area contributed by atoms with Crippen LogP contribution in [-0.4, -0.2) is 30.8 Å². The highest BCUT2D eigenvalue weighted by molar-refractivity contribution is 5.85. The fourth-order valence-electron chi connectivity index (χ4n) is 3.69. The number of carbonyl (C=O) groups excluding carboxylic acids is 1. The van der Waals surface area contributed by atoms with Gasteiger partial charge in [0.15, 0.2) is 6.61 Å². The zero-order valence-electron chi connectivity index (χ0n) is 20.3. The van der Waals surface area contributed by atoms with Gasteiger partial charge in [-0.05, 0) is 65.7 Å². The molecule has 37 heavy (non-hydrogen) atoms.